The minimum Gasteiger partial charge on any atom is -0.481 e. The van der Waals surface area contributed by atoms with Gasteiger partial charge in [-0.05, 0) is 19.3 Å². The number of aliphatic carboxylic acids is 1. The van der Waals surface area contributed by atoms with Crippen LogP contribution in [0.5, 0.6) is 0 Å². The Labute approximate surface area is 113 Å². The monoisotopic (exact) mass is 273 g/mol. The second-order valence-electron chi connectivity index (χ2n) is 5.02. The fourth-order valence-electron chi connectivity index (χ4n) is 1.56. The molecule has 7 nitrogen and oxygen atoms in total. The Morgan fingerprint density at radius 3 is 2.26 bits per heavy atom. The van der Waals surface area contributed by atoms with Crippen molar-refractivity contribution in [3.8, 4) is 0 Å². The van der Waals surface area contributed by atoms with Gasteiger partial charge in [0.15, 0.2) is 0 Å². The van der Waals surface area contributed by atoms with E-state index in [1.54, 1.807) is 6.92 Å². The average Bonchev–Trinajstić information content (AvgIpc) is 2.24. The van der Waals surface area contributed by atoms with Crippen molar-refractivity contribution in [3.63, 3.8) is 0 Å². The Hall–Kier alpha value is -1.79. The fraction of sp³-hybridized carbons (Fsp3) is 0.750. The van der Waals surface area contributed by atoms with Crippen LogP contribution >= 0.6 is 0 Å². The second kappa shape index (κ2) is 8.34. The van der Waals surface area contributed by atoms with Gasteiger partial charge in [0.25, 0.3) is 0 Å². The van der Waals surface area contributed by atoms with E-state index in [1.165, 1.54) is 4.90 Å². The summed E-state index contributed by atoms with van der Waals surface area (Å²) in [5, 5.41) is 11.2. The zero-order chi connectivity index (χ0) is 15.0. The molecule has 1 atom stereocenters. The molecule has 0 rings (SSSR count). The molecule has 110 valence electrons. The van der Waals surface area contributed by atoms with Crippen LogP contribution in [0.2, 0.25) is 0 Å². The number of carbonyl (C=O) groups is 3. The number of primary amides is 1. The van der Waals surface area contributed by atoms with E-state index in [1.807, 2.05) is 13.8 Å². The van der Waals surface area contributed by atoms with Gasteiger partial charge in [0.05, 0.1) is 0 Å². The standard InChI is InChI=1S/C12H23N3O4/c1-8(2)6-15(7-10(13)16)12(19)14-9(3)4-5-11(17)18/h8-9H,4-7H2,1-3H3,(H2,13,16)(H,14,19)(H,17,18). The van der Waals surface area contributed by atoms with E-state index >= 15 is 0 Å². The summed E-state index contributed by atoms with van der Waals surface area (Å²) in [5.74, 6) is -1.27. The van der Waals surface area contributed by atoms with Crippen molar-refractivity contribution in [1.29, 1.82) is 0 Å². The Morgan fingerprint density at radius 2 is 1.84 bits per heavy atom. The number of rotatable bonds is 8. The van der Waals surface area contributed by atoms with E-state index in [0.29, 0.717) is 13.0 Å². The molecule has 0 saturated heterocycles. The first kappa shape index (κ1) is 17.2. The van der Waals surface area contributed by atoms with Crippen LogP contribution in [0.3, 0.4) is 0 Å². The zero-order valence-electron chi connectivity index (χ0n) is 11.7. The number of amides is 3. The van der Waals surface area contributed by atoms with Crippen LogP contribution in [0.1, 0.15) is 33.6 Å². The molecule has 0 fully saturated rings. The normalized spacial score (nSPS) is 12.0. The molecule has 0 aliphatic carbocycles. The molecule has 7 heteroatoms. The molecular weight excluding hydrogens is 250 g/mol. The van der Waals surface area contributed by atoms with Gasteiger partial charge in [-0.25, -0.2) is 4.79 Å². The van der Waals surface area contributed by atoms with E-state index in [4.69, 9.17) is 10.8 Å². The second-order valence-corrected chi connectivity index (χ2v) is 5.02. The minimum absolute atomic E-state index is 0.0125. The third-order valence-corrected chi connectivity index (χ3v) is 2.38. The maximum absolute atomic E-state index is 11.9. The molecule has 0 aromatic carbocycles. The molecule has 3 amide bonds. The Bertz CT molecular complexity index is 331. The summed E-state index contributed by atoms with van der Waals surface area (Å²) in [6.45, 7) is 5.85. The van der Waals surface area contributed by atoms with Crippen LogP contribution in [0, 0.1) is 5.92 Å². The quantitative estimate of drug-likeness (QED) is 0.593. The van der Waals surface area contributed by atoms with Crippen LogP contribution in [-0.2, 0) is 9.59 Å². The Kier molecular flexibility index (Phi) is 7.55. The van der Waals surface area contributed by atoms with E-state index in [2.05, 4.69) is 5.32 Å². The number of urea groups is 1. The number of nitrogens with one attached hydrogen (secondary N) is 1. The smallest absolute Gasteiger partial charge is 0.318 e. The molecule has 0 radical (unpaired) electrons. The number of hydrogen-bond donors (Lipinski definition) is 3. The Balaban J connectivity index is 4.37. The summed E-state index contributed by atoms with van der Waals surface area (Å²) in [6.07, 6.45) is 0.328. The molecule has 4 N–H and O–H groups in total. The molecule has 0 heterocycles. The van der Waals surface area contributed by atoms with Gasteiger partial charge < -0.3 is 21.1 Å². The van der Waals surface area contributed by atoms with Crippen LogP contribution in [0.15, 0.2) is 0 Å². The maximum Gasteiger partial charge on any atom is 0.318 e. The van der Waals surface area contributed by atoms with Gasteiger partial charge >= 0.3 is 12.0 Å². The van der Waals surface area contributed by atoms with Gasteiger partial charge in [-0.15, -0.1) is 0 Å². The van der Waals surface area contributed by atoms with Crippen molar-refractivity contribution in [2.24, 2.45) is 11.7 Å². The van der Waals surface area contributed by atoms with E-state index in [9.17, 15) is 14.4 Å². The van der Waals surface area contributed by atoms with Gasteiger partial charge in [-0.2, -0.15) is 0 Å². The van der Waals surface area contributed by atoms with Crippen molar-refractivity contribution in [1.82, 2.24) is 10.2 Å². The summed E-state index contributed by atoms with van der Waals surface area (Å²) < 4.78 is 0. The molecule has 0 saturated carbocycles. The zero-order valence-corrected chi connectivity index (χ0v) is 11.7. The lowest BCUT2D eigenvalue weighted by atomic mass is 10.2. The number of hydrogen-bond acceptors (Lipinski definition) is 3. The summed E-state index contributed by atoms with van der Waals surface area (Å²) in [5.41, 5.74) is 5.10. The number of nitrogens with two attached hydrogens (primary N) is 1. The first-order valence-corrected chi connectivity index (χ1v) is 6.28. The SMILES string of the molecule is CC(C)CN(CC(N)=O)C(=O)NC(C)CCC(=O)O. The lowest BCUT2D eigenvalue weighted by Gasteiger charge is -2.25. The van der Waals surface area contributed by atoms with Gasteiger partial charge in [0, 0.05) is 19.0 Å². The summed E-state index contributed by atoms with van der Waals surface area (Å²) >= 11 is 0. The first-order chi connectivity index (χ1) is 8.72. The van der Waals surface area contributed by atoms with Crippen LogP contribution in [0.4, 0.5) is 4.79 Å². The highest BCUT2D eigenvalue weighted by molar-refractivity contribution is 5.83. The summed E-state index contributed by atoms with van der Waals surface area (Å²) in [7, 11) is 0. The molecular formula is C12H23N3O4. The average molecular weight is 273 g/mol. The number of carbonyl (C=O) groups excluding carboxylic acids is 2. The fourth-order valence-corrected chi connectivity index (χ4v) is 1.56. The molecule has 0 aromatic rings. The van der Waals surface area contributed by atoms with E-state index < -0.39 is 17.9 Å². The molecule has 1 unspecified atom stereocenters. The van der Waals surface area contributed by atoms with Crippen molar-refractivity contribution >= 4 is 17.9 Å². The third-order valence-electron chi connectivity index (χ3n) is 2.38. The van der Waals surface area contributed by atoms with Crippen LogP contribution in [-0.4, -0.2) is 47.0 Å². The van der Waals surface area contributed by atoms with Crippen molar-refractivity contribution in [3.05, 3.63) is 0 Å². The Morgan fingerprint density at radius 1 is 1.26 bits per heavy atom. The molecule has 0 bridgehead atoms. The van der Waals surface area contributed by atoms with Crippen molar-refractivity contribution in [2.75, 3.05) is 13.1 Å². The van der Waals surface area contributed by atoms with Gasteiger partial charge in [0.2, 0.25) is 5.91 Å². The summed E-state index contributed by atoms with van der Waals surface area (Å²) in [4.78, 5) is 34.6. The largest absolute Gasteiger partial charge is 0.481 e. The van der Waals surface area contributed by atoms with Gasteiger partial charge in [-0.3, -0.25) is 9.59 Å². The molecule has 0 aliphatic heterocycles. The number of nitrogens with zero attached hydrogens (tertiary/aromatic N) is 1. The molecule has 0 aromatic heterocycles. The molecule has 0 aliphatic rings. The predicted molar refractivity (Wildman–Crippen MR) is 70.5 cm³/mol. The van der Waals surface area contributed by atoms with E-state index in [0.717, 1.165) is 0 Å². The third kappa shape index (κ3) is 8.87. The summed E-state index contributed by atoms with van der Waals surface area (Å²) in [6, 6.07) is -0.670. The van der Waals surface area contributed by atoms with E-state index in [-0.39, 0.29) is 24.9 Å². The highest BCUT2D eigenvalue weighted by Crippen LogP contribution is 2.02. The van der Waals surface area contributed by atoms with Crippen LogP contribution < -0.4 is 11.1 Å². The molecule has 19 heavy (non-hydrogen) atoms. The van der Waals surface area contributed by atoms with Crippen LogP contribution in [0.25, 0.3) is 0 Å². The molecule has 0 spiro atoms. The van der Waals surface area contributed by atoms with Gasteiger partial charge in [-0.1, -0.05) is 13.8 Å². The first-order valence-electron chi connectivity index (χ1n) is 6.28. The number of carboxylic acid groups (broad SMARTS) is 1. The number of carboxylic acids is 1. The van der Waals surface area contributed by atoms with Crippen molar-refractivity contribution in [2.45, 2.75) is 39.7 Å². The predicted octanol–water partition coefficient (Wildman–Crippen LogP) is 0.393. The highest BCUT2D eigenvalue weighted by Gasteiger charge is 2.18. The highest BCUT2D eigenvalue weighted by atomic mass is 16.4. The topological polar surface area (TPSA) is 113 Å². The lowest BCUT2D eigenvalue weighted by Crippen LogP contribution is -2.48. The van der Waals surface area contributed by atoms with Crippen molar-refractivity contribution < 1.29 is 19.5 Å². The lowest BCUT2D eigenvalue weighted by molar-refractivity contribution is -0.137. The minimum atomic E-state index is -0.905. The van der Waals surface area contributed by atoms with Gasteiger partial charge in [0.1, 0.15) is 6.54 Å². The maximum atomic E-state index is 11.9.